The van der Waals surface area contributed by atoms with Crippen LogP contribution < -0.4 is 0 Å². The van der Waals surface area contributed by atoms with Gasteiger partial charge >= 0.3 is 0 Å². The van der Waals surface area contributed by atoms with Crippen LogP contribution in [0.4, 0.5) is 0 Å². The molecule has 120 valence electrons. The second-order valence-electron chi connectivity index (χ2n) is 7.56. The van der Waals surface area contributed by atoms with E-state index in [1.807, 2.05) is 0 Å². The van der Waals surface area contributed by atoms with Gasteiger partial charge in [0.1, 0.15) is 0 Å². The second-order valence-corrected chi connectivity index (χ2v) is 7.56. The molecule has 1 saturated heterocycles. The van der Waals surface area contributed by atoms with Crippen molar-refractivity contribution in [3.63, 3.8) is 0 Å². The van der Waals surface area contributed by atoms with Crippen molar-refractivity contribution in [3.05, 3.63) is 0 Å². The van der Waals surface area contributed by atoms with Crippen LogP contribution in [-0.4, -0.2) is 60.8 Å². The molecule has 1 N–H and O–H groups in total. The first-order valence-electron chi connectivity index (χ1n) is 8.50. The van der Waals surface area contributed by atoms with Crippen LogP contribution in [0.2, 0.25) is 0 Å². The summed E-state index contributed by atoms with van der Waals surface area (Å²) in [6.07, 6.45) is 4.76. The smallest absolute Gasteiger partial charge is 0.0433 e. The number of hydrogen-bond acceptors (Lipinski definition) is 3. The zero-order valence-corrected chi connectivity index (χ0v) is 14.2. The van der Waals surface area contributed by atoms with E-state index in [9.17, 15) is 5.11 Å². The van der Waals surface area contributed by atoms with Gasteiger partial charge in [0, 0.05) is 32.8 Å². The minimum absolute atomic E-state index is 0.343. The topological polar surface area (TPSA) is 26.7 Å². The quantitative estimate of drug-likeness (QED) is 0.742. The summed E-state index contributed by atoms with van der Waals surface area (Å²) in [5, 5.41) is 9.22. The highest BCUT2D eigenvalue weighted by Crippen LogP contribution is 2.29. The molecule has 0 aromatic heterocycles. The van der Waals surface area contributed by atoms with E-state index in [-0.39, 0.29) is 0 Å². The number of piperazine rings is 1. The van der Waals surface area contributed by atoms with E-state index >= 15 is 0 Å². The maximum absolute atomic E-state index is 9.22. The molecule has 1 aliphatic rings. The SMILES string of the molecule is CCN1CCN(CCC[C@H](CCO)CC(C)(C)C)CC1. The molecule has 0 aromatic carbocycles. The highest BCUT2D eigenvalue weighted by Gasteiger charge is 2.19. The Morgan fingerprint density at radius 1 is 1.00 bits per heavy atom. The van der Waals surface area contributed by atoms with Crippen LogP contribution in [0.15, 0.2) is 0 Å². The van der Waals surface area contributed by atoms with Gasteiger partial charge in [-0.3, -0.25) is 0 Å². The Morgan fingerprint density at radius 3 is 2.10 bits per heavy atom. The van der Waals surface area contributed by atoms with Crippen LogP contribution >= 0.6 is 0 Å². The Labute approximate surface area is 126 Å². The van der Waals surface area contributed by atoms with Gasteiger partial charge < -0.3 is 14.9 Å². The van der Waals surface area contributed by atoms with Crippen LogP contribution in [0.5, 0.6) is 0 Å². The van der Waals surface area contributed by atoms with Crippen LogP contribution in [0.3, 0.4) is 0 Å². The summed E-state index contributed by atoms with van der Waals surface area (Å²) in [5.41, 5.74) is 0.382. The van der Waals surface area contributed by atoms with Gasteiger partial charge in [-0.2, -0.15) is 0 Å². The van der Waals surface area contributed by atoms with Crippen molar-refractivity contribution < 1.29 is 5.11 Å². The van der Waals surface area contributed by atoms with E-state index in [0.29, 0.717) is 17.9 Å². The van der Waals surface area contributed by atoms with E-state index in [0.717, 1.165) is 6.42 Å². The van der Waals surface area contributed by atoms with Gasteiger partial charge in [0.2, 0.25) is 0 Å². The largest absolute Gasteiger partial charge is 0.396 e. The fraction of sp³-hybridized carbons (Fsp3) is 1.00. The molecule has 0 spiro atoms. The Morgan fingerprint density at radius 2 is 1.60 bits per heavy atom. The number of aliphatic hydroxyl groups excluding tert-OH is 1. The van der Waals surface area contributed by atoms with E-state index < -0.39 is 0 Å². The third-order valence-corrected chi connectivity index (χ3v) is 4.44. The summed E-state index contributed by atoms with van der Waals surface area (Å²) in [6, 6.07) is 0. The first-order chi connectivity index (χ1) is 9.44. The number of nitrogens with zero attached hydrogens (tertiary/aromatic N) is 2. The molecule has 1 rings (SSSR count). The van der Waals surface area contributed by atoms with Gasteiger partial charge in [-0.05, 0) is 50.1 Å². The van der Waals surface area contributed by atoms with Gasteiger partial charge in [0.15, 0.2) is 0 Å². The molecule has 0 saturated carbocycles. The number of aliphatic hydroxyl groups is 1. The molecular formula is C17H36N2O. The molecule has 0 aliphatic carbocycles. The summed E-state index contributed by atoms with van der Waals surface area (Å²) in [6.45, 7) is 16.9. The number of hydrogen-bond donors (Lipinski definition) is 1. The average Bonchev–Trinajstić information content (AvgIpc) is 2.38. The summed E-state index contributed by atoms with van der Waals surface area (Å²) in [5.74, 6) is 0.692. The monoisotopic (exact) mass is 284 g/mol. The summed E-state index contributed by atoms with van der Waals surface area (Å²) < 4.78 is 0. The molecule has 3 heteroatoms. The maximum Gasteiger partial charge on any atom is 0.0433 e. The number of likely N-dealkylation sites (N-methyl/N-ethyl adjacent to an activating group) is 1. The molecule has 1 aliphatic heterocycles. The summed E-state index contributed by atoms with van der Waals surface area (Å²) in [4.78, 5) is 5.14. The highest BCUT2D eigenvalue weighted by molar-refractivity contribution is 4.73. The molecular weight excluding hydrogens is 248 g/mol. The van der Waals surface area contributed by atoms with E-state index in [4.69, 9.17) is 0 Å². The van der Waals surface area contributed by atoms with Crippen molar-refractivity contribution >= 4 is 0 Å². The third-order valence-electron chi connectivity index (χ3n) is 4.44. The van der Waals surface area contributed by atoms with Gasteiger partial charge in [-0.15, -0.1) is 0 Å². The zero-order chi connectivity index (χ0) is 15.0. The highest BCUT2D eigenvalue weighted by atomic mass is 16.3. The van der Waals surface area contributed by atoms with E-state index in [1.54, 1.807) is 0 Å². The average molecular weight is 284 g/mol. The number of rotatable bonds is 8. The zero-order valence-electron chi connectivity index (χ0n) is 14.2. The lowest BCUT2D eigenvalue weighted by Crippen LogP contribution is -2.46. The summed E-state index contributed by atoms with van der Waals surface area (Å²) >= 11 is 0. The predicted octanol–water partition coefficient (Wildman–Crippen LogP) is 2.84. The van der Waals surface area contributed by atoms with E-state index in [2.05, 4.69) is 37.5 Å². The normalized spacial score (nSPS) is 20.2. The van der Waals surface area contributed by atoms with Gasteiger partial charge in [0.05, 0.1) is 0 Å². The molecule has 0 amide bonds. The van der Waals surface area contributed by atoms with Crippen molar-refractivity contribution in [1.29, 1.82) is 0 Å². The van der Waals surface area contributed by atoms with Crippen LogP contribution in [-0.2, 0) is 0 Å². The third kappa shape index (κ3) is 7.61. The second kappa shape index (κ2) is 9.01. The lowest BCUT2D eigenvalue weighted by atomic mass is 9.81. The van der Waals surface area contributed by atoms with Gasteiger partial charge in [-0.25, -0.2) is 0 Å². The van der Waals surface area contributed by atoms with Crippen LogP contribution in [0.25, 0.3) is 0 Å². The lowest BCUT2D eigenvalue weighted by molar-refractivity contribution is 0.131. The van der Waals surface area contributed by atoms with Crippen molar-refractivity contribution in [2.75, 3.05) is 45.9 Å². The van der Waals surface area contributed by atoms with Crippen molar-refractivity contribution in [3.8, 4) is 0 Å². The first kappa shape index (κ1) is 17.9. The fourth-order valence-electron chi connectivity index (χ4n) is 3.33. The Hall–Kier alpha value is -0.120. The van der Waals surface area contributed by atoms with Crippen molar-refractivity contribution in [1.82, 2.24) is 9.80 Å². The molecule has 20 heavy (non-hydrogen) atoms. The van der Waals surface area contributed by atoms with Gasteiger partial charge in [0.25, 0.3) is 0 Å². The molecule has 1 heterocycles. The molecule has 0 unspecified atom stereocenters. The standard InChI is InChI=1S/C17H36N2O/c1-5-18-10-12-19(13-11-18)9-6-7-16(8-14-20)15-17(2,3)4/h16,20H,5-15H2,1-4H3/t16-/m1/s1. The minimum Gasteiger partial charge on any atom is -0.396 e. The van der Waals surface area contributed by atoms with Gasteiger partial charge in [-0.1, -0.05) is 27.7 Å². The molecule has 3 nitrogen and oxygen atoms in total. The Balaban J connectivity index is 2.20. The molecule has 0 radical (unpaired) electrons. The van der Waals surface area contributed by atoms with Crippen molar-refractivity contribution in [2.45, 2.75) is 53.4 Å². The minimum atomic E-state index is 0.343. The van der Waals surface area contributed by atoms with Crippen molar-refractivity contribution in [2.24, 2.45) is 11.3 Å². The van der Waals surface area contributed by atoms with Crippen LogP contribution in [0, 0.1) is 11.3 Å². The predicted molar refractivity (Wildman–Crippen MR) is 87.1 cm³/mol. The maximum atomic E-state index is 9.22. The first-order valence-corrected chi connectivity index (χ1v) is 8.50. The van der Waals surface area contributed by atoms with Crippen LogP contribution in [0.1, 0.15) is 53.4 Å². The lowest BCUT2D eigenvalue weighted by Gasteiger charge is -2.34. The molecule has 1 fully saturated rings. The van der Waals surface area contributed by atoms with E-state index in [1.165, 1.54) is 58.5 Å². The summed E-state index contributed by atoms with van der Waals surface area (Å²) in [7, 11) is 0. The molecule has 0 bridgehead atoms. The Bertz CT molecular complexity index is 242. The molecule has 0 aromatic rings. The molecule has 1 atom stereocenters. The fourth-order valence-corrected chi connectivity index (χ4v) is 3.33. The Kier molecular flexibility index (Phi) is 8.08.